The molecule has 1 amide bonds. The highest BCUT2D eigenvalue weighted by molar-refractivity contribution is 6.46. The maximum Gasteiger partial charge on any atom is 0.295 e. The molecule has 1 heterocycles. The molecule has 204 valence electrons. The lowest BCUT2D eigenvalue weighted by atomic mass is 9.94. The Morgan fingerprint density at radius 3 is 2.23 bits per heavy atom. The van der Waals surface area contributed by atoms with Crippen LogP contribution in [0.3, 0.4) is 0 Å². The number of carbonyl (C=O) groups is 2. The average molecular weight is 527 g/mol. The van der Waals surface area contributed by atoms with Gasteiger partial charge in [0, 0.05) is 5.57 Å². The topological polar surface area (TPSA) is 74.1 Å². The minimum atomic E-state index is -0.707. The van der Waals surface area contributed by atoms with Gasteiger partial charge in [-0.2, -0.15) is 0 Å². The van der Waals surface area contributed by atoms with Crippen LogP contribution in [0.4, 0.5) is 0 Å². The van der Waals surface area contributed by atoms with Crippen molar-refractivity contribution in [1.29, 1.82) is 0 Å². The zero-order valence-electron chi connectivity index (χ0n) is 23.3. The van der Waals surface area contributed by atoms with Gasteiger partial charge in [-0.05, 0) is 67.1 Å². The van der Waals surface area contributed by atoms with Crippen LogP contribution in [-0.4, -0.2) is 42.8 Å². The second-order valence-corrected chi connectivity index (χ2v) is 10.0. The summed E-state index contributed by atoms with van der Waals surface area (Å²) in [6, 6.07) is 22.2. The summed E-state index contributed by atoms with van der Waals surface area (Å²) in [6.45, 7) is 11.6. The third kappa shape index (κ3) is 6.23. The van der Waals surface area contributed by atoms with Gasteiger partial charge in [0.1, 0.15) is 12.4 Å². The van der Waals surface area contributed by atoms with Gasteiger partial charge < -0.3 is 19.6 Å². The molecule has 1 N–H and O–H groups in total. The van der Waals surface area contributed by atoms with E-state index in [0.29, 0.717) is 31.0 Å². The van der Waals surface area contributed by atoms with Crippen LogP contribution in [-0.2, 0) is 22.6 Å². The van der Waals surface area contributed by atoms with Crippen LogP contribution in [0.25, 0.3) is 5.76 Å². The normalized spacial score (nSPS) is 16.7. The first kappa shape index (κ1) is 28.1. The minimum absolute atomic E-state index is 0.0242. The number of nitrogens with one attached hydrogen (secondary N) is 1. The molecule has 1 aliphatic heterocycles. The minimum Gasteiger partial charge on any atom is -0.872 e. The molecule has 0 aromatic heterocycles. The Morgan fingerprint density at radius 2 is 1.62 bits per heavy atom. The third-order valence-electron chi connectivity index (χ3n) is 7.61. The van der Waals surface area contributed by atoms with Gasteiger partial charge in [-0.25, -0.2) is 0 Å². The molecule has 1 saturated heterocycles. The van der Waals surface area contributed by atoms with Crippen LogP contribution in [0.15, 0.2) is 78.4 Å². The highest BCUT2D eigenvalue weighted by Gasteiger charge is 2.44. The lowest BCUT2D eigenvalue weighted by Crippen LogP contribution is -3.12. The monoisotopic (exact) mass is 526 g/mol. The number of amides is 1. The predicted molar refractivity (Wildman–Crippen MR) is 151 cm³/mol. The van der Waals surface area contributed by atoms with Crippen molar-refractivity contribution in [2.75, 3.05) is 26.2 Å². The molecule has 6 nitrogen and oxygen atoms in total. The predicted octanol–water partition coefficient (Wildman–Crippen LogP) is 3.29. The number of likely N-dealkylation sites (tertiary alicyclic amines) is 1. The number of likely N-dealkylation sites (N-methyl/N-ethyl adjacent to an activating group) is 1. The highest BCUT2D eigenvalue weighted by Crippen LogP contribution is 2.39. The molecule has 6 heteroatoms. The number of hydrogen-bond donors (Lipinski definition) is 1. The number of rotatable bonds is 11. The molecule has 1 atom stereocenters. The molecule has 3 aromatic rings. The van der Waals surface area contributed by atoms with Crippen molar-refractivity contribution in [3.63, 3.8) is 0 Å². The van der Waals surface area contributed by atoms with Gasteiger partial charge in [-0.15, -0.1) is 0 Å². The summed E-state index contributed by atoms with van der Waals surface area (Å²) < 4.78 is 5.98. The number of ether oxygens (including phenoxy) is 1. The van der Waals surface area contributed by atoms with E-state index < -0.39 is 23.5 Å². The SMILES string of the molecule is CCc1ccc(C2C(=C([O-])c3ccc(OCc4ccccc4)c(C)c3)C(=O)C(=O)N2CC[NH+](CC)CC)cc1. The molecule has 1 fully saturated rings. The van der Waals surface area contributed by atoms with Crippen LogP contribution in [0.2, 0.25) is 0 Å². The van der Waals surface area contributed by atoms with Crippen molar-refractivity contribution in [2.24, 2.45) is 0 Å². The van der Waals surface area contributed by atoms with E-state index in [2.05, 4.69) is 20.8 Å². The van der Waals surface area contributed by atoms with Gasteiger partial charge in [-0.1, -0.05) is 73.3 Å². The largest absolute Gasteiger partial charge is 0.872 e. The van der Waals surface area contributed by atoms with E-state index in [-0.39, 0.29) is 5.57 Å². The lowest BCUT2D eigenvalue weighted by molar-refractivity contribution is -0.895. The smallest absolute Gasteiger partial charge is 0.295 e. The van der Waals surface area contributed by atoms with Gasteiger partial charge in [0.2, 0.25) is 5.78 Å². The second-order valence-electron chi connectivity index (χ2n) is 10.0. The van der Waals surface area contributed by atoms with Crippen LogP contribution in [0.5, 0.6) is 5.75 Å². The average Bonchev–Trinajstić information content (AvgIpc) is 3.22. The molecule has 0 aliphatic carbocycles. The molecule has 0 radical (unpaired) electrons. The van der Waals surface area contributed by atoms with E-state index >= 15 is 0 Å². The van der Waals surface area contributed by atoms with Crippen molar-refractivity contribution in [3.8, 4) is 5.75 Å². The number of benzene rings is 3. The fourth-order valence-corrected chi connectivity index (χ4v) is 5.11. The first-order valence-corrected chi connectivity index (χ1v) is 13.8. The highest BCUT2D eigenvalue weighted by atomic mass is 16.5. The van der Waals surface area contributed by atoms with Crippen molar-refractivity contribution in [2.45, 2.75) is 46.8 Å². The molecular weight excluding hydrogens is 488 g/mol. The lowest BCUT2D eigenvalue weighted by Gasteiger charge is -2.28. The Bertz CT molecular complexity index is 1330. The van der Waals surface area contributed by atoms with E-state index in [1.165, 1.54) is 4.90 Å². The third-order valence-corrected chi connectivity index (χ3v) is 7.61. The van der Waals surface area contributed by atoms with Crippen molar-refractivity contribution in [3.05, 3.63) is 106 Å². The summed E-state index contributed by atoms with van der Waals surface area (Å²) in [6.07, 6.45) is 0.880. The van der Waals surface area contributed by atoms with Crippen molar-refractivity contribution in [1.82, 2.24) is 4.90 Å². The van der Waals surface area contributed by atoms with Crippen LogP contribution in [0, 0.1) is 6.92 Å². The number of carbonyl (C=O) groups excluding carboxylic acids is 2. The molecule has 0 saturated carbocycles. The van der Waals surface area contributed by atoms with E-state index in [1.807, 2.05) is 61.5 Å². The van der Waals surface area contributed by atoms with E-state index in [1.54, 1.807) is 23.1 Å². The zero-order valence-corrected chi connectivity index (χ0v) is 23.3. The van der Waals surface area contributed by atoms with Crippen molar-refractivity contribution < 1.29 is 24.3 Å². The molecule has 0 bridgehead atoms. The maximum atomic E-state index is 13.9. The Morgan fingerprint density at radius 1 is 0.923 bits per heavy atom. The van der Waals surface area contributed by atoms with E-state index in [4.69, 9.17) is 4.74 Å². The fraction of sp³-hybridized carbons (Fsp3) is 0.333. The molecule has 1 aliphatic rings. The van der Waals surface area contributed by atoms with Gasteiger partial charge in [0.25, 0.3) is 5.91 Å². The maximum absolute atomic E-state index is 13.9. The fourth-order valence-electron chi connectivity index (χ4n) is 5.11. The Kier molecular flexibility index (Phi) is 9.20. The summed E-state index contributed by atoms with van der Waals surface area (Å²) in [7, 11) is 0. The Balaban J connectivity index is 1.69. The van der Waals surface area contributed by atoms with Gasteiger partial charge >= 0.3 is 0 Å². The van der Waals surface area contributed by atoms with E-state index in [9.17, 15) is 14.7 Å². The number of Topliss-reactive ketones (excluding diaryl/α,β-unsaturated/α-hetero) is 1. The summed E-state index contributed by atoms with van der Waals surface area (Å²) >= 11 is 0. The van der Waals surface area contributed by atoms with Gasteiger partial charge in [-0.3, -0.25) is 9.59 Å². The standard InChI is InChI=1S/C33H38N2O4/c1-5-24-13-15-26(16-14-24)30-29(32(37)33(38)35(30)20-19-34(6-2)7-3)31(36)27-17-18-28(23(4)21-27)39-22-25-11-9-8-10-12-25/h8-18,21,30,36H,5-7,19-20,22H2,1-4H3. The molecule has 3 aromatic carbocycles. The summed E-state index contributed by atoms with van der Waals surface area (Å²) in [5, 5.41) is 13.9. The number of ketones is 1. The molecule has 0 spiro atoms. The van der Waals surface area contributed by atoms with Gasteiger partial charge in [0.15, 0.2) is 0 Å². The number of quaternary nitrogens is 1. The van der Waals surface area contributed by atoms with Crippen molar-refractivity contribution >= 4 is 17.4 Å². The summed E-state index contributed by atoms with van der Waals surface area (Å²) in [5.74, 6) is -1.05. The zero-order chi connectivity index (χ0) is 27.9. The number of aryl methyl sites for hydroxylation is 2. The number of nitrogens with zero attached hydrogens (tertiary/aromatic N) is 1. The number of hydrogen-bond acceptors (Lipinski definition) is 4. The second kappa shape index (κ2) is 12.8. The summed E-state index contributed by atoms with van der Waals surface area (Å²) in [5.41, 5.74) is 4.18. The first-order chi connectivity index (χ1) is 18.9. The molecule has 4 rings (SSSR count). The molecule has 39 heavy (non-hydrogen) atoms. The Labute approximate surface area is 231 Å². The van der Waals surface area contributed by atoms with Gasteiger partial charge in [0.05, 0.1) is 32.2 Å². The molecular formula is C33H38N2O4. The van der Waals surface area contributed by atoms with Crippen LogP contribution >= 0.6 is 0 Å². The Hall–Kier alpha value is -3.90. The first-order valence-electron chi connectivity index (χ1n) is 13.8. The van der Waals surface area contributed by atoms with E-state index in [0.717, 1.165) is 41.8 Å². The van der Waals surface area contributed by atoms with Crippen LogP contribution in [0.1, 0.15) is 54.6 Å². The summed E-state index contributed by atoms with van der Waals surface area (Å²) in [4.78, 5) is 29.5. The quantitative estimate of drug-likeness (QED) is 0.236. The van der Waals surface area contributed by atoms with Crippen LogP contribution < -0.4 is 14.7 Å². The molecule has 1 unspecified atom stereocenters.